The maximum atomic E-state index is 8.06. The minimum absolute atomic E-state index is 0.0856. The summed E-state index contributed by atoms with van der Waals surface area (Å²) in [5.74, 6) is 0. The normalized spacial score (nSPS) is 6.38. The van der Waals surface area contributed by atoms with Crippen LogP contribution in [-0.2, 0) is 0 Å². The van der Waals surface area contributed by atoms with E-state index in [9.17, 15) is 0 Å². The van der Waals surface area contributed by atoms with Crippen LogP contribution in [-0.4, -0.2) is 0 Å². The SMILES string of the molecule is N#CC(C#N)=C(N)Br. The minimum atomic E-state index is -0.0926. The van der Waals surface area contributed by atoms with Crippen LogP contribution in [0.25, 0.3) is 0 Å². The van der Waals surface area contributed by atoms with E-state index >= 15 is 0 Å². The number of nitriles is 2. The van der Waals surface area contributed by atoms with Crippen LogP contribution >= 0.6 is 15.9 Å². The average Bonchev–Trinajstić information content (AvgIpc) is 1.69. The van der Waals surface area contributed by atoms with Crippen molar-refractivity contribution >= 4 is 15.9 Å². The van der Waals surface area contributed by atoms with Gasteiger partial charge in [-0.2, -0.15) is 10.5 Å². The summed E-state index contributed by atoms with van der Waals surface area (Å²) in [6.07, 6.45) is 0. The van der Waals surface area contributed by atoms with Crippen LogP contribution in [0, 0.1) is 22.7 Å². The van der Waals surface area contributed by atoms with E-state index in [-0.39, 0.29) is 10.2 Å². The van der Waals surface area contributed by atoms with E-state index in [1.54, 1.807) is 12.1 Å². The second-order valence-corrected chi connectivity index (χ2v) is 1.80. The molecule has 0 aliphatic heterocycles. The zero-order chi connectivity index (χ0) is 6.57. The topological polar surface area (TPSA) is 73.6 Å². The Hall–Kier alpha value is -1.000. The molecule has 0 aliphatic rings. The third kappa shape index (κ3) is 1.63. The first-order chi connectivity index (χ1) is 3.72. The number of hydrogen-bond acceptors (Lipinski definition) is 3. The Morgan fingerprint density at radius 1 is 1.38 bits per heavy atom. The van der Waals surface area contributed by atoms with Gasteiger partial charge in [-0.3, -0.25) is 0 Å². The zero-order valence-corrected chi connectivity index (χ0v) is 5.44. The Labute approximate surface area is 55.1 Å². The van der Waals surface area contributed by atoms with Crippen molar-refractivity contribution in [3.05, 3.63) is 10.2 Å². The van der Waals surface area contributed by atoms with E-state index in [4.69, 9.17) is 16.3 Å². The third-order valence-electron chi connectivity index (χ3n) is 0.462. The van der Waals surface area contributed by atoms with Crippen molar-refractivity contribution in [1.29, 1.82) is 10.5 Å². The molecule has 0 amide bonds. The molecule has 0 saturated heterocycles. The highest BCUT2D eigenvalue weighted by molar-refractivity contribution is 9.11. The van der Waals surface area contributed by atoms with E-state index in [1.165, 1.54) is 0 Å². The van der Waals surface area contributed by atoms with Crippen LogP contribution in [0.2, 0.25) is 0 Å². The molecule has 0 rings (SSSR count). The Bertz CT molecular complexity index is 172. The molecule has 2 N–H and O–H groups in total. The van der Waals surface area contributed by atoms with E-state index < -0.39 is 0 Å². The molecule has 0 unspecified atom stereocenters. The molecular formula is C4H2BrN3. The molecule has 8 heavy (non-hydrogen) atoms. The molecular weight excluding hydrogens is 170 g/mol. The van der Waals surface area contributed by atoms with Gasteiger partial charge in [0.25, 0.3) is 0 Å². The van der Waals surface area contributed by atoms with Crippen LogP contribution in [0.3, 0.4) is 0 Å². The van der Waals surface area contributed by atoms with E-state index in [0.29, 0.717) is 0 Å². The Balaban J connectivity index is 4.47. The van der Waals surface area contributed by atoms with Gasteiger partial charge in [0.05, 0.1) is 0 Å². The second kappa shape index (κ2) is 3.06. The summed E-state index contributed by atoms with van der Waals surface area (Å²) in [6, 6.07) is 3.20. The summed E-state index contributed by atoms with van der Waals surface area (Å²) in [7, 11) is 0. The van der Waals surface area contributed by atoms with E-state index in [1.807, 2.05) is 0 Å². The molecule has 3 nitrogen and oxygen atoms in total. The summed E-state index contributed by atoms with van der Waals surface area (Å²) in [6.45, 7) is 0. The van der Waals surface area contributed by atoms with Crippen LogP contribution in [0.15, 0.2) is 10.2 Å². The molecule has 0 aromatic rings. The first-order valence-corrected chi connectivity index (χ1v) is 2.47. The number of rotatable bonds is 0. The van der Waals surface area contributed by atoms with Gasteiger partial charge in [0, 0.05) is 0 Å². The van der Waals surface area contributed by atoms with Crippen molar-refractivity contribution in [3.63, 3.8) is 0 Å². The number of nitrogens with two attached hydrogens (primary N) is 1. The molecule has 0 aromatic heterocycles. The highest BCUT2D eigenvalue weighted by Gasteiger charge is 1.93. The van der Waals surface area contributed by atoms with Gasteiger partial charge in [0.15, 0.2) is 5.57 Å². The zero-order valence-electron chi connectivity index (χ0n) is 3.85. The third-order valence-corrected chi connectivity index (χ3v) is 0.859. The van der Waals surface area contributed by atoms with Gasteiger partial charge >= 0.3 is 0 Å². The Kier molecular flexibility index (Phi) is 2.68. The highest BCUT2D eigenvalue weighted by atomic mass is 79.9. The molecule has 0 saturated carbocycles. The minimum Gasteiger partial charge on any atom is -0.391 e. The molecule has 0 fully saturated rings. The first kappa shape index (κ1) is 7.00. The van der Waals surface area contributed by atoms with Crippen molar-refractivity contribution < 1.29 is 0 Å². The molecule has 4 heteroatoms. The number of halogens is 1. The standard InChI is InChI=1S/C4H2BrN3/c5-4(8)3(1-6)2-7/h8H2. The molecule has 0 radical (unpaired) electrons. The van der Waals surface area contributed by atoms with Crippen molar-refractivity contribution in [2.75, 3.05) is 0 Å². The van der Waals surface area contributed by atoms with E-state index in [0.717, 1.165) is 0 Å². The average molecular weight is 172 g/mol. The van der Waals surface area contributed by atoms with Crippen molar-refractivity contribution in [2.45, 2.75) is 0 Å². The van der Waals surface area contributed by atoms with Crippen LogP contribution in [0.5, 0.6) is 0 Å². The van der Waals surface area contributed by atoms with Crippen LogP contribution in [0.1, 0.15) is 0 Å². The number of allylic oxidation sites excluding steroid dienone is 1. The first-order valence-electron chi connectivity index (χ1n) is 1.67. The Morgan fingerprint density at radius 3 is 1.75 bits per heavy atom. The van der Waals surface area contributed by atoms with E-state index in [2.05, 4.69) is 15.9 Å². The van der Waals surface area contributed by atoms with Gasteiger partial charge in [-0.05, 0) is 15.9 Å². The van der Waals surface area contributed by atoms with Gasteiger partial charge in [0.1, 0.15) is 16.7 Å². The highest BCUT2D eigenvalue weighted by Crippen LogP contribution is 2.01. The quantitative estimate of drug-likeness (QED) is 0.429. The van der Waals surface area contributed by atoms with Crippen molar-refractivity contribution in [3.8, 4) is 12.1 Å². The summed E-state index contributed by atoms with van der Waals surface area (Å²) in [4.78, 5) is 0. The monoisotopic (exact) mass is 171 g/mol. The lowest BCUT2D eigenvalue weighted by molar-refractivity contribution is 1.42. The largest absolute Gasteiger partial charge is 0.391 e. The lowest BCUT2D eigenvalue weighted by Gasteiger charge is -1.80. The van der Waals surface area contributed by atoms with Crippen LogP contribution in [0.4, 0.5) is 0 Å². The van der Waals surface area contributed by atoms with Crippen molar-refractivity contribution in [2.24, 2.45) is 5.73 Å². The maximum Gasteiger partial charge on any atom is 0.159 e. The molecule has 0 heterocycles. The summed E-state index contributed by atoms with van der Waals surface area (Å²) in [5.41, 5.74) is 4.92. The van der Waals surface area contributed by atoms with Gasteiger partial charge in [-0.25, -0.2) is 0 Å². The maximum absolute atomic E-state index is 8.06. The summed E-state index contributed by atoms with van der Waals surface area (Å²) in [5, 5.41) is 16.1. The lowest BCUT2D eigenvalue weighted by Crippen LogP contribution is -1.90. The predicted octanol–water partition coefficient (Wildman–Crippen LogP) is 0.599. The fourth-order valence-electron chi connectivity index (χ4n) is 0.132. The smallest absolute Gasteiger partial charge is 0.159 e. The fraction of sp³-hybridized carbons (Fsp3) is 0. The summed E-state index contributed by atoms with van der Waals surface area (Å²) >= 11 is 2.77. The second-order valence-electron chi connectivity index (χ2n) is 0.947. The molecule has 40 valence electrons. The molecule has 0 aromatic carbocycles. The van der Waals surface area contributed by atoms with Crippen LogP contribution < -0.4 is 5.73 Å². The van der Waals surface area contributed by atoms with Gasteiger partial charge in [-0.15, -0.1) is 0 Å². The molecule has 0 bridgehead atoms. The molecule has 0 aliphatic carbocycles. The number of nitrogens with zero attached hydrogens (tertiary/aromatic N) is 2. The molecule has 0 spiro atoms. The predicted molar refractivity (Wildman–Crippen MR) is 31.4 cm³/mol. The summed E-state index contributed by atoms with van der Waals surface area (Å²) < 4.78 is 0.0856. The molecule has 0 atom stereocenters. The lowest BCUT2D eigenvalue weighted by atomic mass is 10.4. The van der Waals surface area contributed by atoms with Gasteiger partial charge in [-0.1, -0.05) is 0 Å². The number of hydrogen-bond donors (Lipinski definition) is 1. The Morgan fingerprint density at radius 2 is 1.75 bits per heavy atom. The van der Waals surface area contributed by atoms with Crippen molar-refractivity contribution in [1.82, 2.24) is 0 Å². The fourth-order valence-corrected chi connectivity index (χ4v) is 0.309. The van der Waals surface area contributed by atoms with Gasteiger partial charge in [0.2, 0.25) is 0 Å². The van der Waals surface area contributed by atoms with Gasteiger partial charge < -0.3 is 5.73 Å².